The minimum Gasteiger partial charge on any atom is -0.496 e. The van der Waals surface area contributed by atoms with Crippen LogP contribution in [0.2, 0.25) is 0 Å². The molecule has 0 aliphatic carbocycles. The van der Waals surface area contributed by atoms with E-state index in [0.717, 1.165) is 29.4 Å². The quantitative estimate of drug-likeness (QED) is 0.458. The molecule has 2 N–H and O–H groups in total. The molecule has 5 heteroatoms. The van der Waals surface area contributed by atoms with Crippen LogP contribution in [0.25, 0.3) is 0 Å². The van der Waals surface area contributed by atoms with Crippen LogP contribution in [0.4, 0.5) is 0 Å². The maximum atomic E-state index is 5.34. The summed E-state index contributed by atoms with van der Waals surface area (Å²) in [5.41, 5.74) is 2.27. The molecule has 120 valence electrons. The molecule has 0 spiro atoms. The number of guanidine groups is 1. The molecule has 0 aliphatic rings. The van der Waals surface area contributed by atoms with Gasteiger partial charge in [-0.25, -0.2) is 4.99 Å². The lowest BCUT2D eigenvalue weighted by Gasteiger charge is -2.23. The lowest BCUT2D eigenvalue weighted by molar-refractivity contribution is 0.411. The number of methoxy groups -OCH3 is 1. The van der Waals surface area contributed by atoms with E-state index in [9.17, 15) is 0 Å². The molecule has 0 heterocycles. The summed E-state index contributed by atoms with van der Waals surface area (Å²) in [6.45, 7) is 11.9. The summed E-state index contributed by atoms with van der Waals surface area (Å²) in [5, 5.41) is 6.63. The van der Waals surface area contributed by atoms with Gasteiger partial charge in [0, 0.05) is 12.1 Å². The van der Waals surface area contributed by atoms with Gasteiger partial charge in [0.15, 0.2) is 5.96 Å². The molecule has 0 fully saturated rings. The molecule has 0 saturated heterocycles. The number of aryl methyl sites for hydroxylation is 1. The van der Waals surface area contributed by atoms with Crippen LogP contribution in [0, 0.1) is 6.92 Å². The molecule has 0 amide bonds. The number of aliphatic imine (C=N–C) groups is 1. The zero-order chi connectivity index (χ0) is 15.2. The fourth-order valence-corrected chi connectivity index (χ4v) is 1.80. The Kier molecular flexibility index (Phi) is 8.70. The molecule has 0 atom stereocenters. The molecular weight excluding hydrogens is 377 g/mol. The summed E-state index contributed by atoms with van der Waals surface area (Å²) >= 11 is 0. The monoisotopic (exact) mass is 405 g/mol. The first-order chi connectivity index (χ1) is 9.35. The third kappa shape index (κ3) is 7.55. The highest BCUT2D eigenvalue weighted by Gasteiger charge is 2.11. The van der Waals surface area contributed by atoms with Crippen LogP contribution in [0.5, 0.6) is 5.75 Å². The van der Waals surface area contributed by atoms with Crippen LogP contribution in [-0.4, -0.2) is 25.2 Å². The maximum Gasteiger partial charge on any atom is 0.191 e. The molecule has 0 saturated carbocycles. The van der Waals surface area contributed by atoms with Gasteiger partial charge in [-0.2, -0.15) is 0 Å². The highest BCUT2D eigenvalue weighted by Crippen LogP contribution is 2.19. The van der Waals surface area contributed by atoms with Crippen molar-refractivity contribution in [1.82, 2.24) is 10.6 Å². The van der Waals surface area contributed by atoms with E-state index in [-0.39, 0.29) is 29.5 Å². The van der Waals surface area contributed by atoms with Crippen molar-refractivity contribution in [3.63, 3.8) is 0 Å². The van der Waals surface area contributed by atoms with E-state index in [1.165, 1.54) is 0 Å². The van der Waals surface area contributed by atoms with Crippen molar-refractivity contribution in [3.8, 4) is 5.75 Å². The van der Waals surface area contributed by atoms with Gasteiger partial charge in [0.2, 0.25) is 0 Å². The Balaban J connectivity index is 0.00000400. The zero-order valence-corrected chi connectivity index (χ0v) is 16.2. The molecule has 4 nitrogen and oxygen atoms in total. The van der Waals surface area contributed by atoms with Crippen LogP contribution in [0.15, 0.2) is 23.2 Å². The highest BCUT2D eigenvalue weighted by atomic mass is 127. The highest BCUT2D eigenvalue weighted by molar-refractivity contribution is 14.0. The number of hydrogen-bond acceptors (Lipinski definition) is 2. The van der Waals surface area contributed by atoms with E-state index in [2.05, 4.69) is 55.5 Å². The van der Waals surface area contributed by atoms with Crippen LogP contribution < -0.4 is 15.4 Å². The minimum atomic E-state index is -0.00797. The number of ether oxygens (including phenoxy) is 1. The molecule has 1 aromatic carbocycles. The first-order valence-corrected chi connectivity index (χ1v) is 7.05. The van der Waals surface area contributed by atoms with E-state index < -0.39 is 0 Å². The Bertz CT molecular complexity index is 467. The summed E-state index contributed by atoms with van der Waals surface area (Å²) in [7, 11) is 1.70. The summed E-state index contributed by atoms with van der Waals surface area (Å²) in [6, 6.07) is 6.19. The molecular formula is C16H28IN3O. The largest absolute Gasteiger partial charge is 0.496 e. The van der Waals surface area contributed by atoms with Crippen LogP contribution >= 0.6 is 24.0 Å². The zero-order valence-electron chi connectivity index (χ0n) is 13.9. The Hall–Kier alpha value is -0.980. The van der Waals surface area contributed by atoms with Crippen molar-refractivity contribution in [2.75, 3.05) is 13.7 Å². The molecule has 0 aliphatic heterocycles. The van der Waals surface area contributed by atoms with Gasteiger partial charge in [-0.3, -0.25) is 0 Å². The van der Waals surface area contributed by atoms with E-state index in [1.807, 2.05) is 13.0 Å². The van der Waals surface area contributed by atoms with E-state index >= 15 is 0 Å². The smallest absolute Gasteiger partial charge is 0.191 e. The summed E-state index contributed by atoms with van der Waals surface area (Å²) < 4.78 is 5.34. The second-order valence-corrected chi connectivity index (χ2v) is 5.87. The van der Waals surface area contributed by atoms with Crippen molar-refractivity contribution in [3.05, 3.63) is 29.3 Å². The summed E-state index contributed by atoms with van der Waals surface area (Å²) in [6.07, 6.45) is 0. The van der Waals surface area contributed by atoms with Crippen LogP contribution in [0.1, 0.15) is 38.8 Å². The van der Waals surface area contributed by atoms with Gasteiger partial charge in [-0.05, 0) is 51.8 Å². The third-order valence-electron chi connectivity index (χ3n) is 2.73. The topological polar surface area (TPSA) is 45.7 Å². The SMILES string of the molecule is CCNC(=NCc1ccc(C)c(OC)c1)NC(C)(C)C.I. The number of benzene rings is 1. The number of rotatable bonds is 4. The fraction of sp³-hybridized carbons (Fsp3) is 0.562. The van der Waals surface area contributed by atoms with Gasteiger partial charge < -0.3 is 15.4 Å². The molecule has 1 rings (SSSR count). The molecule has 0 radical (unpaired) electrons. The number of halogens is 1. The predicted octanol–water partition coefficient (Wildman–Crippen LogP) is 3.48. The van der Waals surface area contributed by atoms with Crippen LogP contribution in [-0.2, 0) is 6.54 Å². The molecule has 1 aromatic rings. The Morgan fingerprint density at radius 3 is 2.48 bits per heavy atom. The Morgan fingerprint density at radius 2 is 1.95 bits per heavy atom. The number of hydrogen-bond donors (Lipinski definition) is 2. The second-order valence-electron chi connectivity index (χ2n) is 5.87. The maximum absolute atomic E-state index is 5.34. The normalized spacial score (nSPS) is 11.6. The van der Waals surface area contributed by atoms with Crippen molar-refractivity contribution in [2.45, 2.75) is 46.7 Å². The fourth-order valence-electron chi connectivity index (χ4n) is 1.80. The standard InChI is InChI=1S/C16H27N3O.HI/c1-7-17-15(19-16(3,4)5)18-11-13-9-8-12(2)14(10-13)20-6;/h8-10H,7,11H2,1-6H3,(H2,17,18,19);1H. The van der Waals surface area contributed by atoms with Gasteiger partial charge in [0.05, 0.1) is 13.7 Å². The summed E-state index contributed by atoms with van der Waals surface area (Å²) in [4.78, 5) is 4.61. The van der Waals surface area contributed by atoms with Crippen LogP contribution in [0.3, 0.4) is 0 Å². The van der Waals surface area contributed by atoms with E-state index in [0.29, 0.717) is 6.54 Å². The van der Waals surface area contributed by atoms with Crippen molar-refractivity contribution in [1.29, 1.82) is 0 Å². The number of nitrogens with one attached hydrogen (secondary N) is 2. The van der Waals surface area contributed by atoms with Crippen molar-refractivity contribution < 1.29 is 4.74 Å². The summed E-state index contributed by atoms with van der Waals surface area (Å²) in [5.74, 6) is 1.74. The molecule has 0 aromatic heterocycles. The van der Waals surface area contributed by atoms with Gasteiger partial charge in [0.1, 0.15) is 5.75 Å². The molecule has 0 bridgehead atoms. The molecule has 21 heavy (non-hydrogen) atoms. The van der Waals surface area contributed by atoms with Gasteiger partial charge in [-0.15, -0.1) is 24.0 Å². The first kappa shape index (κ1) is 20.0. The van der Waals surface area contributed by atoms with E-state index in [1.54, 1.807) is 7.11 Å². The molecule has 0 unspecified atom stereocenters. The average Bonchev–Trinajstić information content (AvgIpc) is 2.36. The number of nitrogens with zero attached hydrogens (tertiary/aromatic N) is 1. The van der Waals surface area contributed by atoms with Crippen molar-refractivity contribution in [2.24, 2.45) is 4.99 Å². The lowest BCUT2D eigenvalue weighted by atomic mass is 10.1. The lowest BCUT2D eigenvalue weighted by Crippen LogP contribution is -2.47. The average molecular weight is 405 g/mol. The van der Waals surface area contributed by atoms with E-state index in [4.69, 9.17) is 4.74 Å². The first-order valence-electron chi connectivity index (χ1n) is 7.05. The third-order valence-corrected chi connectivity index (χ3v) is 2.73. The van der Waals surface area contributed by atoms with Gasteiger partial charge in [-0.1, -0.05) is 12.1 Å². The predicted molar refractivity (Wildman–Crippen MR) is 101 cm³/mol. The minimum absolute atomic E-state index is 0. The Morgan fingerprint density at radius 1 is 1.29 bits per heavy atom. The van der Waals surface area contributed by atoms with Gasteiger partial charge >= 0.3 is 0 Å². The second kappa shape index (κ2) is 9.12. The Labute approximate surface area is 145 Å². The van der Waals surface area contributed by atoms with Gasteiger partial charge in [0.25, 0.3) is 0 Å². The van der Waals surface area contributed by atoms with Crippen molar-refractivity contribution >= 4 is 29.9 Å².